The van der Waals surface area contributed by atoms with Gasteiger partial charge >= 0.3 is 0 Å². The second-order valence-electron chi connectivity index (χ2n) is 5.19. The van der Waals surface area contributed by atoms with Crippen molar-refractivity contribution in [3.05, 3.63) is 46.6 Å². The monoisotopic (exact) mass is 285 g/mol. The molecule has 0 atom stereocenters. The number of rotatable bonds is 4. The van der Waals surface area contributed by atoms with Gasteiger partial charge in [-0.05, 0) is 25.0 Å². The predicted molar refractivity (Wildman–Crippen MR) is 82.8 cm³/mol. The van der Waals surface area contributed by atoms with Crippen LogP contribution in [0.1, 0.15) is 18.5 Å². The molecule has 0 aromatic carbocycles. The first-order chi connectivity index (χ1) is 10.3. The molecule has 6 heteroatoms. The zero-order valence-corrected chi connectivity index (χ0v) is 12.1. The molecule has 0 spiro atoms. The summed E-state index contributed by atoms with van der Waals surface area (Å²) in [5.74, 6) is 0. The van der Waals surface area contributed by atoms with Gasteiger partial charge < -0.3 is 10.2 Å². The molecule has 0 aliphatic carbocycles. The highest BCUT2D eigenvalue weighted by molar-refractivity contribution is 5.44. The van der Waals surface area contributed by atoms with Crippen LogP contribution in [0.25, 0.3) is 0 Å². The van der Waals surface area contributed by atoms with Crippen molar-refractivity contribution in [3.8, 4) is 0 Å². The highest BCUT2D eigenvalue weighted by atomic mass is 16.1. The fraction of sp³-hybridized carbons (Fsp3) is 0.400. The SMILES string of the molecule is CNc1ccnc(Cn2ncc(N3CCCC3)cc2=O)c1. The minimum Gasteiger partial charge on any atom is -0.388 e. The third-order valence-electron chi connectivity index (χ3n) is 3.74. The number of nitrogens with zero attached hydrogens (tertiary/aromatic N) is 4. The highest BCUT2D eigenvalue weighted by Gasteiger charge is 2.13. The van der Waals surface area contributed by atoms with Crippen molar-refractivity contribution in [2.45, 2.75) is 19.4 Å². The van der Waals surface area contributed by atoms with E-state index in [1.165, 1.54) is 17.5 Å². The van der Waals surface area contributed by atoms with Crippen molar-refractivity contribution in [2.75, 3.05) is 30.4 Å². The zero-order chi connectivity index (χ0) is 14.7. The summed E-state index contributed by atoms with van der Waals surface area (Å²) in [5.41, 5.74) is 2.62. The molecule has 0 saturated carbocycles. The van der Waals surface area contributed by atoms with Gasteiger partial charge in [0.1, 0.15) is 0 Å². The second-order valence-corrected chi connectivity index (χ2v) is 5.19. The fourth-order valence-corrected chi connectivity index (χ4v) is 2.56. The largest absolute Gasteiger partial charge is 0.388 e. The number of aromatic nitrogens is 3. The molecule has 110 valence electrons. The molecule has 1 saturated heterocycles. The van der Waals surface area contributed by atoms with Crippen LogP contribution >= 0.6 is 0 Å². The molecule has 0 amide bonds. The van der Waals surface area contributed by atoms with Crippen LogP contribution in [0.15, 0.2) is 35.4 Å². The molecule has 2 aromatic heterocycles. The van der Waals surface area contributed by atoms with Crippen LogP contribution in [0, 0.1) is 0 Å². The first kappa shape index (κ1) is 13.6. The van der Waals surface area contributed by atoms with E-state index in [9.17, 15) is 4.79 Å². The molecule has 1 N–H and O–H groups in total. The van der Waals surface area contributed by atoms with Crippen molar-refractivity contribution in [1.82, 2.24) is 14.8 Å². The second kappa shape index (κ2) is 5.95. The number of pyridine rings is 1. The van der Waals surface area contributed by atoms with Crippen LogP contribution in [0.4, 0.5) is 11.4 Å². The van der Waals surface area contributed by atoms with Crippen molar-refractivity contribution in [3.63, 3.8) is 0 Å². The number of anilines is 2. The lowest BCUT2D eigenvalue weighted by molar-refractivity contribution is 0.626. The standard InChI is InChI=1S/C15H19N5O/c1-16-12-4-5-17-13(8-12)11-20-15(21)9-14(10-18-20)19-6-2-3-7-19/h4-5,8-10H,2-3,6-7,11H2,1H3,(H,16,17). The molecular weight excluding hydrogens is 266 g/mol. The van der Waals surface area contributed by atoms with Crippen molar-refractivity contribution < 1.29 is 0 Å². The smallest absolute Gasteiger partial charge is 0.269 e. The van der Waals surface area contributed by atoms with Crippen LogP contribution in [0.2, 0.25) is 0 Å². The average molecular weight is 285 g/mol. The molecule has 6 nitrogen and oxygen atoms in total. The van der Waals surface area contributed by atoms with Gasteiger partial charge in [-0.3, -0.25) is 9.78 Å². The summed E-state index contributed by atoms with van der Waals surface area (Å²) in [5, 5.41) is 7.34. The summed E-state index contributed by atoms with van der Waals surface area (Å²) in [6, 6.07) is 5.47. The van der Waals surface area contributed by atoms with E-state index in [1.807, 2.05) is 19.2 Å². The van der Waals surface area contributed by atoms with E-state index in [4.69, 9.17) is 0 Å². The van der Waals surface area contributed by atoms with Gasteiger partial charge in [-0.2, -0.15) is 5.10 Å². The number of hydrogen-bond donors (Lipinski definition) is 1. The molecule has 3 heterocycles. The maximum absolute atomic E-state index is 12.2. The third kappa shape index (κ3) is 3.04. The van der Waals surface area contributed by atoms with Gasteiger partial charge in [-0.1, -0.05) is 0 Å². The van der Waals surface area contributed by atoms with E-state index in [1.54, 1.807) is 18.5 Å². The molecule has 3 rings (SSSR count). The first-order valence-electron chi connectivity index (χ1n) is 7.21. The number of hydrogen-bond acceptors (Lipinski definition) is 5. The Kier molecular flexibility index (Phi) is 3.85. The van der Waals surface area contributed by atoms with Gasteiger partial charge in [0, 0.05) is 38.1 Å². The summed E-state index contributed by atoms with van der Waals surface area (Å²) >= 11 is 0. The quantitative estimate of drug-likeness (QED) is 0.918. The maximum Gasteiger partial charge on any atom is 0.269 e. The van der Waals surface area contributed by atoms with E-state index in [2.05, 4.69) is 20.3 Å². The summed E-state index contributed by atoms with van der Waals surface area (Å²) in [6.07, 6.45) is 5.87. The number of nitrogens with one attached hydrogen (secondary N) is 1. The Morgan fingerprint density at radius 3 is 2.81 bits per heavy atom. The first-order valence-corrected chi connectivity index (χ1v) is 7.21. The molecule has 0 unspecified atom stereocenters. The van der Waals surface area contributed by atoms with Crippen LogP contribution < -0.4 is 15.8 Å². The maximum atomic E-state index is 12.2. The highest BCUT2D eigenvalue weighted by Crippen LogP contribution is 2.17. The average Bonchev–Trinajstić information content (AvgIpc) is 3.04. The van der Waals surface area contributed by atoms with Gasteiger partial charge in [0.2, 0.25) is 0 Å². The molecule has 1 fully saturated rings. The summed E-state index contributed by atoms with van der Waals surface area (Å²) in [4.78, 5) is 18.7. The Hall–Kier alpha value is -2.37. The minimum absolute atomic E-state index is 0.0870. The summed E-state index contributed by atoms with van der Waals surface area (Å²) in [7, 11) is 1.86. The fourth-order valence-electron chi connectivity index (χ4n) is 2.56. The summed E-state index contributed by atoms with van der Waals surface area (Å²) < 4.78 is 1.45. The van der Waals surface area contributed by atoms with E-state index < -0.39 is 0 Å². The van der Waals surface area contributed by atoms with E-state index >= 15 is 0 Å². The Morgan fingerprint density at radius 2 is 2.10 bits per heavy atom. The predicted octanol–water partition coefficient (Wildman–Crippen LogP) is 1.33. The van der Waals surface area contributed by atoms with Crippen molar-refractivity contribution >= 4 is 11.4 Å². The topological polar surface area (TPSA) is 63.1 Å². The molecule has 2 aromatic rings. The Labute approximate surface area is 123 Å². The zero-order valence-electron chi connectivity index (χ0n) is 12.1. The Bertz CT molecular complexity index is 676. The molecule has 21 heavy (non-hydrogen) atoms. The van der Waals surface area contributed by atoms with Crippen LogP contribution in [-0.2, 0) is 6.54 Å². The molecule has 1 aliphatic rings. The van der Waals surface area contributed by atoms with Crippen LogP contribution in [-0.4, -0.2) is 34.9 Å². The van der Waals surface area contributed by atoms with E-state index in [0.717, 1.165) is 30.2 Å². The van der Waals surface area contributed by atoms with Gasteiger partial charge in [-0.15, -0.1) is 0 Å². The lowest BCUT2D eigenvalue weighted by atomic mass is 10.3. The van der Waals surface area contributed by atoms with Crippen molar-refractivity contribution in [2.24, 2.45) is 0 Å². The molecular formula is C15H19N5O. The van der Waals surface area contributed by atoms with E-state index in [-0.39, 0.29) is 5.56 Å². The van der Waals surface area contributed by atoms with Gasteiger partial charge in [0.15, 0.2) is 0 Å². The minimum atomic E-state index is -0.0870. The Morgan fingerprint density at radius 1 is 1.29 bits per heavy atom. The lowest BCUT2D eigenvalue weighted by Crippen LogP contribution is -2.26. The van der Waals surface area contributed by atoms with Crippen LogP contribution in [0.5, 0.6) is 0 Å². The Balaban J connectivity index is 1.80. The molecule has 1 aliphatic heterocycles. The molecule has 0 bridgehead atoms. The van der Waals surface area contributed by atoms with Crippen LogP contribution in [0.3, 0.4) is 0 Å². The van der Waals surface area contributed by atoms with Gasteiger partial charge in [-0.25, -0.2) is 4.68 Å². The van der Waals surface area contributed by atoms with Gasteiger partial charge in [0.25, 0.3) is 5.56 Å². The normalized spacial score (nSPS) is 14.4. The third-order valence-corrected chi connectivity index (χ3v) is 3.74. The van der Waals surface area contributed by atoms with Gasteiger partial charge in [0.05, 0.1) is 24.1 Å². The molecule has 0 radical (unpaired) electrons. The van der Waals surface area contributed by atoms with E-state index in [0.29, 0.717) is 6.54 Å². The summed E-state index contributed by atoms with van der Waals surface area (Å²) in [6.45, 7) is 2.41. The lowest BCUT2D eigenvalue weighted by Gasteiger charge is -2.17. The van der Waals surface area contributed by atoms with Crippen molar-refractivity contribution in [1.29, 1.82) is 0 Å².